The number of hydrogen-bond acceptors (Lipinski definition) is 7. The number of benzene rings is 2. The molecule has 0 amide bonds. The van der Waals surface area contributed by atoms with Gasteiger partial charge < -0.3 is 25.6 Å². The van der Waals surface area contributed by atoms with Crippen LogP contribution < -0.4 is 15.8 Å². The van der Waals surface area contributed by atoms with Crippen LogP contribution in [0.5, 0.6) is 5.75 Å². The maximum atomic E-state index is 11.9. The molecule has 2 rings (SSSR count). The summed E-state index contributed by atoms with van der Waals surface area (Å²) in [5.41, 5.74) is 7.08. The van der Waals surface area contributed by atoms with Crippen molar-refractivity contribution < 1.29 is 24.2 Å². The molecule has 8 nitrogen and oxygen atoms in total. The van der Waals surface area contributed by atoms with Crippen LogP contribution in [-0.2, 0) is 14.3 Å². The van der Waals surface area contributed by atoms with Crippen LogP contribution in [0.15, 0.2) is 47.4 Å². The Morgan fingerprint density at radius 1 is 1.30 bits per heavy atom. The molecular formula is C20H24ClN3O5S. The van der Waals surface area contributed by atoms with Crippen molar-refractivity contribution in [1.82, 2.24) is 0 Å². The topological polar surface area (TPSA) is 135 Å². The number of carbonyl (C=O) groups is 2. The number of amidine groups is 1. The lowest BCUT2D eigenvalue weighted by Gasteiger charge is -2.20. The fourth-order valence-corrected chi connectivity index (χ4v) is 3.12. The SMILES string of the molecule is CCOC(C=O)Oc1ccc(C(Nc2ccc(C(=N)N)cc2)C(=O)O)cc1SC.Cl. The van der Waals surface area contributed by atoms with Crippen molar-refractivity contribution in [2.75, 3.05) is 18.2 Å². The fourth-order valence-electron chi connectivity index (χ4n) is 2.55. The van der Waals surface area contributed by atoms with Crippen molar-refractivity contribution in [3.05, 3.63) is 53.6 Å². The minimum absolute atomic E-state index is 0. The van der Waals surface area contributed by atoms with E-state index in [0.717, 1.165) is 0 Å². The van der Waals surface area contributed by atoms with E-state index in [1.54, 1.807) is 49.4 Å². The molecule has 2 aromatic carbocycles. The Morgan fingerprint density at radius 3 is 2.47 bits per heavy atom. The highest BCUT2D eigenvalue weighted by Crippen LogP contribution is 2.32. The van der Waals surface area contributed by atoms with Crippen LogP contribution in [0.1, 0.15) is 24.1 Å². The summed E-state index contributed by atoms with van der Waals surface area (Å²) in [5.74, 6) is -0.685. The minimum atomic E-state index is -1.05. The molecule has 0 radical (unpaired) electrons. The Kier molecular flexibility index (Phi) is 10.2. The molecule has 2 atom stereocenters. The molecule has 0 fully saturated rings. The molecule has 162 valence electrons. The Labute approximate surface area is 185 Å². The van der Waals surface area contributed by atoms with Crippen molar-refractivity contribution >= 4 is 47.9 Å². The lowest BCUT2D eigenvalue weighted by molar-refractivity contribution is -0.138. The summed E-state index contributed by atoms with van der Waals surface area (Å²) in [6.07, 6.45) is 1.37. The summed E-state index contributed by atoms with van der Waals surface area (Å²) in [7, 11) is 0. The number of thioether (sulfide) groups is 1. The summed E-state index contributed by atoms with van der Waals surface area (Å²) < 4.78 is 10.8. The van der Waals surface area contributed by atoms with Crippen molar-refractivity contribution in [2.45, 2.75) is 24.2 Å². The first-order valence-corrected chi connectivity index (χ1v) is 9.97. The standard InChI is InChI=1S/C20H23N3O5S.ClH/c1-3-27-17(11-24)28-15-9-6-13(10-16(15)29-2)18(20(25)26)23-14-7-4-12(5-8-14)19(21)22;/h4-11,17-18,23H,3H2,1-2H3,(H3,21,22)(H,25,26);1H. The molecule has 0 aliphatic heterocycles. The van der Waals surface area contributed by atoms with Crippen LogP contribution in [0.4, 0.5) is 5.69 Å². The molecule has 2 unspecified atom stereocenters. The summed E-state index contributed by atoms with van der Waals surface area (Å²) >= 11 is 1.37. The highest BCUT2D eigenvalue weighted by molar-refractivity contribution is 7.98. The number of anilines is 1. The number of nitrogen functional groups attached to an aromatic ring is 1. The summed E-state index contributed by atoms with van der Waals surface area (Å²) in [6, 6.07) is 10.5. The van der Waals surface area contributed by atoms with Gasteiger partial charge in [0.2, 0.25) is 0 Å². The van der Waals surface area contributed by atoms with E-state index in [4.69, 9.17) is 20.6 Å². The summed E-state index contributed by atoms with van der Waals surface area (Å²) in [6.45, 7) is 2.08. The van der Waals surface area contributed by atoms with Crippen LogP contribution in [-0.4, -0.2) is 42.4 Å². The molecule has 0 heterocycles. The van der Waals surface area contributed by atoms with Gasteiger partial charge in [-0.2, -0.15) is 0 Å². The number of nitrogens with two attached hydrogens (primary N) is 1. The smallest absolute Gasteiger partial charge is 0.330 e. The number of rotatable bonds is 11. The van der Waals surface area contributed by atoms with E-state index >= 15 is 0 Å². The Bertz CT molecular complexity index is 879. The van der Waals surface area contributed by atoms with Gasteiger partial charge in [-0.1, -0.05) is 6.07 Å². The molecule has 0 aliphatic rings. The first-order chi connectivity index (χ1) is 13.9. The van der Waals surface area contributed by atoms with Gasteiger partial charge in [-0.25, -0.2) is 4.79 Å². The molecule has 0 aromatic heterocycles. The third-order valence-corrected chi connectivity index (χ3v) is 4.72. The Hall–Kier alpha value is -2.75. The number of nitrogens with one attached hydrogen (secondary N) is 2. The van der Waals surface area contributed by atoms with Gasteiger partial charge in [0, 0.05) is 22.8 Å². The molecule has 5 N–H and O–H groups in total. The highest BCUT2D eigenvalue weighted by atomic mass is 35.5. The number of hydrogen-bond donors (Lipinski definition) is 4. The average molecular weight is 454 g/mol. The molecule has 0 aliphatic carbocycles. The zero-order valence-electron chi connectivity index (χ0n) is 16.5. The van der Waals surface area contributed by atoms with Gasteiger partial charge in [0.05, 0.1) is 0 Å². The van der Waals surface area contributed by atoms with E-state index in [1.807, 2.05) is 6.26 Å². The quantitative estimate of drug-likeness (QED) is 0.134. The second kappa shape index (κ2) is 12.1. The van der Waals surface area contributed by atoms with Crippen LogP contribution in [0.2, 0.25) is 0 Å². The first kappa shape index (κ1) is 25.3. The molecular weight excluding hydrogens is 430 g/mol. The van der Waals surface area contributed by atoms with Crippen LogP contribution in [0.3, 0.4) is 0 Å². The van der Waals surface area contributed by atoms with Crippen molar-refractivity contribution in [1.29, 1.82) is 5.41 Å². The van der Waals surface area contributed by atoms with Gasteiger partial charge in [0.1, 0.15) is 11.6 Å². The van der Waals surface area contributed by atoms with Crippen molar-refractivity contribution in [3.8, 4) is 5.75 Å². The van der Waals surface area contributed by atoms with E-state index < -0.39 is 18.3 Å². The van der Waals surface area contributed by atoms with E-state index in [-0.39, 0.29) is 18.2 Å². The third kappa shape index (κ3) is 6.65. The van der Waals surface area contributed by atoms with Crippen LogP contribution >= 0.6 is 24.2 Å². The maximum Gasteiger partial charge on any atom is 0.330 e. The number of halogens is 1. The maximum absolute atomic E-state index is 11.9. The molecule has 30 heavy (non-hydrogen) atoms. The fraction of sp³-hybridized carbons (Fsp3) is 0.250. The van der Waals surface area contributed by atoms with Gasteiger partial charge in [-0.05, 0) is 55.1 Å². The normalized spacial score (nSPS) is 12.2. The Balaban J connectivity index is 0.00000450. The lowest BCUT2D eigenvalue weighted by Crippen LogP contribution is -2.23. The minimum Gasteiger partial charge on any atom is -0.479 e. The summed E-state index contributed by atoms with van der Waals surface area (Å²) in [5, 5.41) is 20.1. The Morgan fingerprint density at radius 2 is 1.97 bits per heavy atom. The van der Waals surface area contributed by atoms with Crippen molar-refractivity contribution in [3.63, 3.8) is 0 Å². The number of carboxylic acids is 1. The second-order valence-corrected chi connectivity index (χ2v) is 6.74. The molecule has 0 bridgehead atoms. The first-order valence-electron chi connectivity index (χ1n) is 8.74. The highest BCUT2D eigenvalue weighted by Gasteiger charge is 2.22. The van der Waals surface area contributed by atoms with Crippen molar-refractivity contribution in [2.24, 2.45) is 5.73 Å². The predicted octanol–water partition coefficient (Wildman–Crippen LogP) is 3.29. The molecule has 2 aromatic rings. The van der Waals surface area contributed by atoms with E-state index in [0.29, 0.717) is 40.4 Å². The van der Waals surface area contributed by atoms with Crippen LogP contribution in [0, 0.1) is 5.41 Å². The molecule has 0 saturated heterocycles. The van der Waals surface area contributed by atoms with Crippen LogP contribution in [0.25, 0.3) is 0 Å². The second-order valence-electron chi connectivity index (χ2n) is 5.89. The van der Waals surface area contributed by atoms with Gasteiger partial charge in [-0.3, -0.25) is 10.2 Å². The molecule has 10 heteroatoms. The predicted molar refractivity (Wildman–Crippen MR) is 119 cm³/mol. The monoisotopic (exact) mass is 453 g/mol. The number of aliphatic carboxylic acids is 1. The molecule has 0 spiro atoms. The van der Waals surface area contributed by atoms with Gasteiger partial charge in [-0.15, -0.1) is 24.2 Å². The van der Waals surface area contributed by atoms with Gasteiger partial charge in [0.25, 0.3) is 6.29 Å². The number of carbonyl (C=O) groups excluding carboxylic acids is 1. The largest absolute Gasteiger partial charge is 0.479 e. The van der Waals surface area contributed by atoms with Gasteiger partial charge >= 0.3 is 5.97 Å². The van der Waals surface area contributed by atoms with E-state index in [2.05, 4.69) is 5.32 Å². The number of carboxylic acid groups (broad SMARTS) is 1. The lowest BCUT2D eigenvalue weighted by atomic mass is 10.1. The molecule has 0 saturated carbocycles. The zero-order valence-corrected chi connectivity index (χ0v) is 18.1. The number of ether oxygens (including phenoxy) is 2. The third-order valence-electron chi connectivity index (χ3n) is 3.96. The number of aldehydes is 1. The van der Waals surface area contributed by atoms with Gasteiger partial charge in [0.15, 0.2) is 12.3 Å². The van der Waals surface area contributed by atoms with E-state index in [1.165, 1.54) is 11.8 Å². The zero-order chi connectivity index (χ0) is 21.4. The average Bonchev–Trinajstić information content (AvgIpc) is 2.72. The van der Waals surface area contributed by atoms with E-state index in [9.17, 15) is 14.7 Å². The summed E-state index contributed by atoms with van der Waals surface area (Å²) in [4.78, 5) is 23.6.